The molecule has 0 spiro atoms. The highest BCUT2D eigenvalue weighted by Crippen LogP contribution is 2.21. The van der Waals surface area contributed by atoms with Crippen LogP contribution in [-0.4, -0.2) is 47.5 Å². The van der Waals surface area contributed by atoms with Gasteiger partial charge < -0.3 is 15.1 Å². The molecular formula is C23H28N6O. The van der Waals surface area contributed by atoms with Crippen molar-refractivity contribution in [3.05, 3.63) is 60.2 Å². The summed E-state index contributed by atoms with van der Waals surface area (Å²) in [7, 11) is 0. The number of hydrogen-bond donors (Lipinski definition) is 2. The number of benzene rings is 2. The van der Waals surface area contributed by atoms with Crippen LogP contribution in [0.3, 0.4) is 0 Å². The van der Waals surface area contributed by atoms with Crippen molar-refractivity contribution in [1.29, 1.82) is 5.26 Å². The second kappa shape index (κ2) is 10.3. The molecule has 1 saturated heterocycles. The molecule has 3 rings (SSSR count). The molecule has 0 aromatic heterocycles. The molecule has 156 valence electrons. The van der Waals surface area contributed by atoms with Crippen molar-refractivity contribution in [3.63, 3.8) is 0 Å². The summed E-state index contributed by atoms with van der Waals surface area (Å²) in [4.78, 5) is 21.5. The van der Waals surface area contributed by atoms with Crippen molar-refractivity contribution in [1.82, 2.24) is 15.1 Å². The second-order valence-corrected chi connectivity index (χ2v) is 7.34. The number of aryl methyl sites for hydroxylation is 1. The van der Waals surface area contributed by atoms with Gasteiger partial charge in [-0.3, -0.25) is 5.32 Å². The Balaban J connectivity index is 1.76. The number of nitriles is 1. The normalized spacial score (nSPS) is 16.7. The summed E-state index contributed by atoms with van der Waals surface area (Å²) in [5, 5.41) is 15.0. The Morgan fingerprint density at radius 1 is 1.17 bits per heavy atom. The van der Waals surface area contributed by atoms with Crippen LogP contribution in [0.5, 0.6) is 0 Å². The molecule has 7 nitrogen and oxygen atoms in total. The molecule has 0 radical (unpaired) electrons. The SMILES string of the molecule is CCCC1CN(C(=Nc2ccccc2C)NC#N)CCN1C(=O)Nc1ccccc1. The molecule has 2 amide bonds. The van der Waals surface area contributed by atoms with Crippen LogP contribution in [0.1, 0.15) is 25.3 Å². The minimum Gasteiger partial charge on any atom is -0.338 e. The van der Waals surface area contributed by atoms with Crippen LogP contribution in [-0.2, 0) is 0 Å². The first-order valence-electron chi connectivity index (χ1n) is 10.3. The van der Waals surface area contributed by atoms with Crippen molar-refractivity contribution < 1.29 is 4.79 Å². The molecule has 7 heteroatoms. The molecule has 0 saturated carbocycles. The second-order valence-electron chi connectivity index (χ2n) is 7.34. The van der Waals surface area contributed by atoms with Crippen LogP contribution < -0.4 is 10.6 Å². The van der Waals surface area contributed by atoms with Gasteiger partial charge in [-0.15, -0.1) is 0 Å². The molecule has 1 unspecified atom stereocenters. The zero-order valence-electron chi connectivity index (χ0n) is 17.5. The molecule has 0 bridgehead atoms. The van der Waals surface area contributed by atoms with Crippen LogP contribution in [0.15, 0.2) is 59.6 Å². The summed E-state index contributed by atoms with van der Waals surface area (Å²) in [6.45, 7) is 5.89. The highest BCUT2D eigenvalue weighted by molar-refractivity contribution is 5.90. The lowest BCUT2D eigenvalue weighted by atomic mass is 10.1. The van der Waals surface area contributed by atoms with Crippen molar-refractivity contribution in [2.75, 3.05) is 25.0 Å². The van der Waals surface area contributed by atoms with Gasteiger partial charge in [-0.1, -0.05) is 49.7 Å². The van der Waals surface area contributed by atoms with Gasteiger partial charge in [-0.05, 0) is 37.1 Å². The minimum absolute atomic E-state index is 0.0371. The van der Waals surface area contributed by atoms with E-state index in [2.05, 4.69) is 22.5 Å². The van der Waals surface area contributed by atoms with Crippen molar-refractivity contribution in [2.45, 2.75) is 32.7 Å². The molecule has 1 aliphatic rings. The Morgan fingerprint density at radius 2 is 1.90 bits per heavy atom. The predicted molar refractivity (Wildman–Crippen MR) is 119 cm³/mol. The maximum Gasteiger partial charge on any atom is 0.322 e. The first kappa shape index (κ1) is 21.2. The Labute approximate surface area is 178 Å². The highest BCUT2D eigenvalue weighted by Gasteiger charge is 2.31. The number of para-hydroxylation sites is 2. The smallest absolute Gasteiger partial charge is 0.322 e. The molecule has 2 aromatic rings. The summed E-state index contributed by atoms with van der Waals surface area (Å²) < 4.78 is 0. The lowest BCUT2D eigenvalue weighted by Crippen LogP contribution is -2.59. The number of carbonyl (C=O) groups is 1. The van der Waals surface area contributed by atoms with Crippen LogP contribution in [0.4, 0.5) is 16.2 Å². The Hall–Kier alpha value is -3.53. The van der Waals surface area contributed by atoms with Crippen LogP contribution >= 0.6 is 0 Å². The number of urea groups is 1. The summed E-state index contributed by atoms with van der Waals surface area (Å²) in [6, 6.07) is 17.3. The van der Waals surface area contributed by atoms with Gasteiger partial charge in [0.15, 0.2) is 6.19 Å². The number of piperazine rings is 1. The van der Waals surface area contributed by atoms with Gasteiger partial charge in [0.25, 0.3) is 0 Å². The lowest BCUT2D eigenvalue weighted by Gasteiger charge is -2.42. The van der Waals surface area contributed by atoms with E-state index in [1.165, 1.54) is 0 Å². The topological polar surface area (TPSA) is 83.8 Å². The van der Waals surface area contributed by atoms with Crippen molar-refractivity contribution in [2.24, 2.45) is 4.99 Å². The fraction of sp³-hybridized carbons (Fsp3) is 0.348. The number of hydrogen-bond acceptors (Lipinski definition) is 3. The van der Waals surface area contributed by atoms with E-state index in [1.54, 1.807) is 0 Å². The van der Waals surface area contributed by atoms with Crippen molar-refractivity contribution >= 4 is 23.4 Å². The van der Waals surface area contributed by atoms with E-state index >= 15 is 0 Å². The highest BCUT2D eigenvalue weighted by atomic mass is 16.2. The standard InChI is InChI=1S/C23H28N6O/c1-3-9-20-16-28(22(25-17-24)27-21-13-8-7-10-18(21)2)14-15-29(20)23(30)26-19-11-5-4-6-12-19/h4-8,10-13,20H,3,9,14-16H2,1-2H3,(H,25,27)(H,26,30). The summed E-state index contributed by atoms with van der Waals surface area (Å²) in [5.74, 6) is 0.524. The number of nitrogens with one attached hydrogen (secondary N) is 2. The van der Waals surface area contributed by atoms with E-state index in [1.807, 2.05) is 72.6 Å². The largest absolute Gasteiger partial charge is 0.338 e. The molecule has 30 heavy (non-hydrogen) atoms. The zero-order chi connectivity index (χ0) is 21.3. The first-order valence-corrected chi connectivity index (χ1v) is 10.3. The fourth-order valence-corrected chi connectivity index (χ4v) is 3.64. The average molecular weight is 405 g/mol. The number of anilines is 1. The summed E-state index contributed by atoms with van der Waals surface area (Å²) >= 11 is 0. The first-order chi connectivity index (χ1) is 14.6. The van der Waals surface area contributed by atoms with Crippen molar-refractivity contribution in [3.8, 4) is 6.19 Å². The predicted octanol–water partition coefficient (Wildman–Crippen LogP) is 4.07. The number of aliphatic imine (C=N–C) groups is 1. The van der Waals surface area contributed by atoms with E-state index in [4.69, 9.17) is 4.99 Å². The Morgan fingerprint density at radius 3 is 2.60 bits per heavy atom. The van der Waals surface area contributed by atoms with Gasteiger partial charge in [0, 0.05) is 25.3 Å². The monoisotopic (exact) mass is 404 g/mol. The lowest BCUT2D eigenvalue weighted by molar-refractivity contribution is 0.129. The molecular weight excluding hydrogens is 376 g/mol. The van der Waals surface area contributed by atoms with Gasteiger partial charge in [-0.2, -0.15) is 5.26 Å². The fourth-order valence-electron chi connectivity index (χ4n) is 3.64. The average Bonchev–Trinajstić information content (AvgIpc) is 2.76. The number of rotatable bonds is 4. The number of guanidine groups is 1. The summed E-state index contributed by atoms with van der Waals surface area (Å²) in [5.41, 5.74) is 2.65. The molecule has 0 aliphatic carbocycles. The van der Waals surface area contributed by atoms with Gasteiger partial charge in [0.1, 0.15) is 0 Å². The molecule has 1 heterocycles. The molecule has 1 atom stereocenters. The zero-order valence-corrected chi connectivity index (χ0v) is 17.5. The Kier molecular flexibility index (Phi) is 7.28. The van der Waals surface area contributed by atoms with E-state index in [-0.39, 0.29) is 12.1 Å². The van der Waals surface area contributed by atoms with E-state index in [9.17, 15) is 10.1 Å². The number of amides is 2. The number of carbonyl (C=O) groups excluding carboxylic acids is 1. The molecule has 2 aromatic carbocycles. The maximum absolute atomic E-state index is 12.9. The Bertz CT molecular complexity index is 921. The van der Waals surface area contributed by atoms with E-state index < -0.39 is 0 Å². The van der Waals surface area contributed by atoms with Gasteiger partial charge >= 0.3 is 6.03 Å². The summed E-state index contributed by atoms with van der Waals surface area (Å²) in [6.07, 6.45) is 3.84. The maximum atomic E-state index is 12.9. The third-order valence-electron chi connectivity index (χ3n) is 5.20. The van der Waals surface area contributed by atoms with Crippen LogP contribution in [0.2, 0.25) is 0 Å². The number of nitrogens with zero attached hydrogens (tertiary/aromatic N) is 4. The van der Waals surface area contributed by atoms with Gasteiger partial charge in [0.05, 0.1) is 11.7 Å². The molecule has 1 fully saturated rings. The van der Waals surface area contributed by atoms with Crippen LogP contribution in [0, 0.1) is 18.4 Å². The van der Waals surface area contributed by atoms with E-state index in [0.29, 0.717) is 25.6 Å². The quantitative estimate of drug-likeness (QED) is 0.348. The third kappa shape index (κ3) is 5.29. The van der Waals surface area contributed by atoms with Gasteiger partial charge in [0.2, 0.25) is 5.96 Å². The molecule has 1 aliphatic heterocycles. The minimum atomic E-state index is -0.0927. The third-order valence-corrected chi connectivity index (χ3v) is 5.20. The molecule has 2 N–H and O–H groups in total. The van der Waals surface area contributed by atoms with Crippen LogP contribution in [0.25, 0.3) is 0 Å². The van der Waals surface area contributed by atoms with E-state index in [0.717, 1.165) is 29.8 Å². The van der Waals surface area contributed by atoms with Gasteiger partial charge in [-0.25, -0.2) is 9.79 Å².